The van der Waals surface area contributed by atoms with Crippen LogP contribution in [-0.2, 0) is 16.6 Å². The van der Waals surface area contributed by atoms with Crippen molar-refractivity contribution in [2.75, 3.05) is 4.72 Å². The molecule has 0 saturated carbocycles. The van der Waals surface area contributed by atoms with Gasteiger partial charge in [-0.3, -0.25) is 4.72 Å². The molecule has 0 amide bonds. The molecule has 0 radical (unpaired) electrons. The van der Waals surface area contributed by atoms with Gasteiger partial charge in [0, 0.05) is 6.07 Å². The van der Waals surface area contributed by atoms with Crippen LogP contribution in [0.15, 0.2) is 83.8 Å². The summed E-state index contributed by atoms with van der Waals surface area (Å²) in [5.41, 5.74) is 1.37. The van der Waals surface area contributed by atoms with E-state index in [0.29, 0.717) is 18.0 Å². The summed E-state index contributed by atoms with van der Waals surface area (Å²) in [5, 5.41) is 8.90. The molecule has 7 heteroatoms. The van der Waals surface area contributed by atoms with E-state index in [1.807, 2.05) is 30.3 Å². The molecule has 0 aliphatic heterocycles. The first-order valence-corrected chi connectivity index (χ1v) is 9.55. The lowest BCUT2D eigenvalue weighted by atomic mass is 10.2. The number of anilines is 1. The van der Waals surface area contributed by atoms with Crippen molar-refractivity contribution in [2.24, 2.45) is 0 Å². The summed E-state index contributed by atoms with van der Waals surface area (Å²) in [5.74, 6) is -0.588. The van der Waals surface area contributed by atoms with Gasteiger partial charge >= 0.3 is 5.97 Å². The van der Waals surface area contributed by atoms with E-state index in [1.165, 1.54) is 24.3 Å². The van der Waals surface area contributed by atoms with Crippen molar-refractivity contribution in [3.63, 3.8) is 0 Å². The van der Waals surface area contributed by atoms with Gasteiger partial charge in [0.25, 0.3) is 10.0 Å². The molecule has 0 aromatic heterocycles. The van der Waals surface area contributed by atoms with Gasteiger partial charge < -0.3 is 9.84 Å². The highest BCUT2D eigenvalue weighted by Gasteiger charge is 2.15. The van der Waals surface area contributed by atoms with Crippen LogP contribution in [0.4, 0.5) is 5.69 Å². The standard InChI is InChI=1S/C20H17NO5S/c22-20(23)16-9-11-19(12-10-16)27(24,25)21-17-7-4-8-18(13-17)26-14-15-5-2-1-3-6-15/h1-13,21H,14H2,(H,22,23). The van der Waals surface area contributed by atoms with Crippen molar-refractivity contribution in [3.8, 4) is 5.75 Å². The topological polar surface area (TPSA) is 92.7 Å². The van der Waals surface area contributed by atoms with Gasteiger partial charge in [0.15, 0.2) is 0 Å². The van der Waals surface area contributed by atoms with Gasteiger partial charge in [-0.05, 0) is 42.0 Å². The first-order chi connectivity index (χ1) is 12.9. The van der Waals surface area contributed by atoms with Crippen LogP contribution >= 0.6 is 0 Å². The number of benzene rings is 3. The average Bonchev–Trinajstić information content (AvgIpc) is 2.67. The molecule has 0 aliphatic rings. The minimum Gasteiger partial charge on any atom is -0.489 e. The highest BCUT2D eigenvalue weighted by Crippen LogP contribution is 2.22. The van der Waals surface area contributed by atoms with Gasteiger partial charge in [-0.1, -0.05) is 36.4 Å². The molecule has 0 aliphatic carbocycles. The van der Waals surface area contributed by atoms with Crippen LogP contribution in [0.25, 0.3) is 0 Å². The Morgan fingerprint density at radius 2 is 1.63 bits per heavy atom. The van der Waals surface area contributed by atoms with Crippen LogP contribution < -0.4 is 9.46 Å². The van der Waals surface area contributed by atoms with Crippen LogP contribution in [0.1, 0.15) is 15.9 Å². The zero-order valence-corrected chi connectivity index (χ0v) is 15.0. The first kappa shape index (κ1) is 18.5. The molecule has 27 heavy (non-hydrogen) atoms. The van der Waals surface area contributed by atoms with E-state index in [2.05, 4.69) is 4.72 Å². The van der Waals surface area contributed by atoms with Crippen molar-refractivity contribution >= 4 is 21.7 Å². The second-order valence-electron chi connectivity index (χ2n) is 5.74. The highest BCUT2D eigenvalue weighted by molar-refractivity contribution is 7.92. The number of carbonyl (C=O) groups is 1. The normalized spacial score (nSPS) is 11.0. The number of carboxylic acids is 1. The van der Waals surface area contributed by atoms with Gasteiger partial charge in [-0.25, -0.2) is 13.2 Å². The molecule has 6 nitrogen and oxygen atoms in total. The van der Waals surface area contributed by atoms with Crippen molar-refractivity contribution in [2.45, 2.75) is 11.5 Å². The molecule has 3 rings (SSSR count). The Kier molecular flexibility index (Phi) is 5.42. The van der Waals surface area contributed by atoms with E-state index in [4.69, 9.17) is 9.84 Å². The molecule has 0 bridgehead atoms. The molecule has 0 heterocycles. The second-order valence-corrected chi connectivity index (χ2v) is 7.42. The minimum atomic E-state index is -3.84. The number of hydrogen-bond acceptors (Lipinski definition) is 4. The fraction of sp³-hybridized carbons (Fsp3) is 0.0500. The molecule has 3 aromatic rings. The largest absolute Gasteiger partial charge is 0.489 e. The number of nitrogens with one attached hydrogen (secondary N) is 1. The van der Waals surface area contributed by atoms with Crippen molar-refractivity contribution in [1.29, 1.82) is 0 Å². The van der Waals surface area contributed by atoms with Gasteiger partial charge in [0.05, 0.1) is 16.1 Å². The SMILES string of the molecule is O=C(O)c1ccc(S(=O)(=O)Nc2cccc(OCc3ccccc3)c2)cc1. The number of hydrogen-bond donors (Lipinski definition) is 2. The number of aromatic carboxylic acids is 1. The molecule has 0 unspecified atom stereocenters. The highest BCUT2D eigenvalue weighted by atomic mass is 32.2. The van der Waals surface area contributed by atoms with Crippen molar-refractivity contribution in [1.82, 2.24) is 0 Å². The molecule has 0 fully saturated rings. The summed E-state index contributed by atoms with van der Waals surface area (Å²) in [7, 11) is -3.84. The second kappa shape index (κ2) is 7.92. The number of sulfonamides is 1. The number of carboxylic acid groups (broad SMARTS) is 1. The first-order valence-electron chi connectivity index (χ1n) is 8.07. The predicted molar refractivity (Wildman–Crippen MR) is 101 cm³/mol. The monoisotopic (exact) mass is 383 g/mol. The zero-order valence-electron chi connectivity index (χ0n) is 14.2. The lowest BCUT2D eigenvalue weighted by Crippen LogP contribution is -2.13. The number of rotatable bonds is 7. The van der Waals surface area contributed by atoms with Crippen LogP contribution in [-0.4, -0.2) is 19.5 Å². The molecule has 0 atom stereocenters. The van der Waals surface area contributed by atoms with E-state index >= 15 is 0 Å². The Labute approximate surface area is 157 Å². The van der Waals surface area contributed by atoms with E-state index < -0.39 is 16.0 Å². The van der Waals surface area contributed by atoms with Crippen molar-refractivity contribution in [3.05, 3.63) is 90.0 Å². The van der Waals surface area contributed by atoms with Gasteiger partial charge in [0.1, 0.15) is 12.4 Å². The average molecular weight is 383 g/mol. The third kappa shape index (κ3) is 4.86. The quantitative estimate of drug-likeness (QED) is 0.648. The molecular weight excluding hydrogens is 366 g/mol. The van der Waals surface area contributed by atoms with E-state index in [-0.39, 0.29) is 10.5 Å². The van der Waals surface area contributed by atoms with Gasteiger partial charge in [0.2, 0.25) is 0 Å². The third-order valence-corrected chi connectivity index (χ3v) is 5.14. The summed E-state index contributed by atoms with van der Waals surface area (Å²) in [6, 6.07) is 21.2. The van der Waals surface area contributed by atoms with E-state index in [9.17, 15) is 13.2 Å². The maximum Gasteiger partial charge on any atom is 0.335 e. The third-order valence-electron chi connectivity index (χ3n) is 3.75. The molecule has 2 N–H and O–H groups in total. The molecule has 0 saturated heterocycles. The summed E-state index contributed by atoms with van der Waals surface area (Å²) in [6.07, 6.45) is 0. The van der Waals surface area contributed by atoms with Gasteiger partial charge in [-0.2, -0.15) is 0 Å². The summed E-state index contributed by atoms with van der Waals surface area (Å²) in [6.45, 7) is 0.369. The lowest BCUT2D eigenvalue weighted by Gasteiger charge is -2.11. The molecule has 3 aromatic carbocycles. The molecule has 0 spiro atoms. The van der Waals surface area contributed by atoms with Crippen LogP contribution in [0.2, 0.25) is 0 Å². The maximum absolute atomic E-state index is 12.5. The summed E-state index contributed by atoms with van der Waals surface area (Å²) < 4.78 is 33.1. The Morgan fingerprint density at radius 3 is 2.30 bits per heavy atom. The van der Waals surface area contributed by atoms with Crippen LogP contribution in [0.5, 0.6) is 5.75 Å². The smallest absolute Gasteiger partial charge is 0.335 e. The van der Waals surface area contributed by atoms with Crippen LogP contribution in [0.3, 0.4) is 0 Å². The van der Waals surface area contributed by atoms with Crippen molar-refractivity contribution < 1.29 is 23.1 Å². The Balaban J connectivity index is 1.72. The fourth-order valence-electron chi connectivity index (χ4n) is 2.38. The number of ether oxygens (including phenoxy) is 1. The Bertz CT molecular complexity index is 1030. The minimum absolute atomic E-state index is 0.0188. The zero-order chi connectivity index (χ0) is 19.3. The summed E-state index contributed by atoms with van der Waals surface area (Å²) >= 11 is 0. The van der Waals surface area contributed by atoms with Crippen LogP contribution in [0, 0.1) is 0 Å². The maximum atomic E-state index is 12.5. The van der Waals surface area contributed by atoms with E-state index in [0.717, 1.165) is 5.56 Å². The van der Waals surface area contributed by atoms with Gasteiger partial charge in [-0.15, -0.1) is 0 Å². The lowest BCUT2D eigenvalue weighted by molar-refractivity contribution is 0.0696. The Hall–Kier alpha value is -3.32. The molecule has 138 valence electrons. The van der Waals surface area contributed by atoms with E-state index in [1.54, 1.807) is 24.3 Å². The Morgan fingerprint density at radius 1 is 0.926 bits per heavy atom. The molecular formula is C20H17NO5S. The predicted octanol–water partition coefficient (Wildman–Crippen LogP) is 3.76. The summed E-state index contributed by atoms with van der Waals surface area (Å²) in [4.78, 5) is 10.9. The fourth-order valence-corrected chi connectivity index (χ4v) is 3.43.